The summed E-state index contributed by atoms with van der Waals surface area (Å²) in [5, 5.41) is 8.63. The van der Waals surface area contributed by atoms with Gasteiger partial charge in [0, 0.05) is 0 Å². The Morgan fingerprint density at radius 3 is 1.43 bits per heavy atom. The van der Waals surface area contributed by atoms with E-state index in [-0.39, 0.29) is 0 Å². The molecule has 0 aliphatic rings. The lowest BCUT2D eigenvalue weighted by atomic mass is 10.3. The molecule has 1 aromatic rings. The van der Waals surface area contributed by atoms with E-state index >= 15 is 0 Å². The lowest BCUT2D eigenvalue weighted by Crippen LogP contribution is -1.73. The van der Waals surface area contributed by atoms with Crippen molar-refractivity contribution in [2.75, 3.05) is 0 Å². The van der Waals surface area contributed by atoms with Crippen LogP contribution in [0, 0.1) is 0 Å². The molecule has 0 atom stereocenters. The normalized spacial score (nSPS) is 9.86. The van der Waals surface area contributed by atoms with Crippen LogP contribution in [0.3, 0.4) is 0 Å². The van der Waals surface area contributed by atoms with Gasteiger partial charge in [0.05, 0.1) is 0 Å². The van der Waals surface area contributed by atoms with E-state index in [1.165, 1.54) is 0 Å². The third-order valence-corrected chi connectivity index (χ3v) is 2.07. The van der Waals surface area contributed by atoms with Gasteiger partial charge in [-0.25, -0.2) is 4.31 Å². The third kappa shape index (κ3) is 9.77. The van der Waals surface area contributed by atoms with Gasteiger partial charge in [-0.2, -0.15) is 0 Å². The number of para-hydroxylation sites is 1. The van der Waals surface area contributed by atoms with Crippen LogP contribution in [-0.4, -0.2) is 24.7 Å². The number of hydrogen-bond acceptors (Lipinski definition) is 6. The molecule has 0 saturated heterocycles. The minimum atomic E-state index is -2.61. The van der Waals surface area contributed by atoms with Gasteiger partial charge in [0.15, 0.2) is 0 Å². The first-order valence-electron chi connectivity index (χ1n) is 3.30. The topological polar surface area (TPSA) is 110 Å². The average Bonchev–Trinajstić information content (AvgIpc) is 2.03. The predicted octanol–water partition coefficient (Wildman–Crippen LogP) is 0.818. The quantitative estimate of drug-likeness (QED) is 0.489. The van der Waals surface area contributed by atoms with E-state index in [2.05, 4.69) is 4.31 Å². The smallest absolute Gasteiger partial charge is 0.334 e. The molecule has 6 nitrogen and oxygen atoms in total. The first-order chi connectivity index (χ1) is 6.52. The molecule has 0 heterocycles. The maximum atomic E-state index is 8.63. The Bertz CT molecular complexity index is 223. The summed E-state index contributed by atoms with van der Waals surface area (Å²) in [6.07, 6.45) is 0. The van der Waals surface area contributed by atoms with Gasteiger partial charge in [-0.05, 0) is 12.1 Å². The van der Waals surface area contributed by atoms with Crippen LogP contribution in [0.15, 0.2) is 30.3 Å². The highest BCUT2D eigenvalue weighted by Crippen LogP contribution is 2.41. The van der Waals surface area contributed by atoms with Gasteiger partial charge in [-0.15, -0.1) is 0 Å². The molecule has 0 bridgehead atoms. The molecule has 8 heteroatoms. The number of aromatic hydroxyl groups is 1. The van der Waals surface area contributed by atoms with Crippen molar-refractivity contribution >= 4 is 17.2 Å². The van der Waals surface area contributed by atoms with Crippen LogP contribution in [-0.2, 0) is 4.31 Å². The Morgan fingerprint density at radius 1 is 0.857 bits per heavy atom. The van der Waals surface area contributed by atoms with Crippen molar-refractivity contribution in [2.24, 2.45) is 0 Å². The molecule has 80 valence electrons. The molecule has 1 aromatic carbocycles. The first-order valence-corrected chi connectivity index (χ1v) is 5.63. The van der Waals surface area contributed by atoms with Crippen molar-refractivity contribution in [3.8, 4) is 5.75 Å². The molecule has 0 saturated carbocycles. The van der Waals surface area contributed by atoms with Gasteiger partial charge in [0.1, 0.15) is 5.75 Å². The maximum Gasteiger partial charge on any atom is 0.334 e. The van der Waals surface area contributed by atoms with Gasteiger partial charge in [-0.3, -0.25) is 0 Å². The zero-order valence-electron chi connectivity index (χ0n) is 6.93. The van der Waals surface area contributed by atoms with E-state index < -0.39 is 17.2 Å². The van der Waals surface area contributed by atoms with Gasteiger partial charge < -0.3 is 24.7 Å². The lowest BCUT2D eigenvalue weighted by Gasteiger charge is -2.00. The molecule has 0 amide bonds. The molecule has 0 spiro atoms. The fourth-order valence-corrected chi connectivity index (χ4v) is 1.02. The fourth-order valence-electron chi connectivity index (χ4n) is 0.493. The SMILES string of the molecule is OP(O)OP(O)O.Oc1ccccc1. The van der Waals surface area contributed by atoms with Crippen LogP contribution in [0.1, 0.15) is 0 Å². The van der Waals surface area contributed by atoms with E-state index in [0.29, 0.717) is 5.75 Å². The van der Waals surface area contributed by atoms with E-state index in [0.717, 1.165) is 0 Å². The molecule has 14 heavy (non-hydrogen) atoms. The molecule has 0 radical (unpaired) electrons. The molecule has 5 N–H and O–H groups in total. The summed E-state index contributed by atoms with van der Waals surface area (Å²) in [6, 6.07) is 8.71. The second-order valence-electron chi connectivity index (χ2n) is 1.92. The number of phenols is 1. The Balaban J connectivity index is 0.000000241. The molecule has 0 unspecified atom stereocenters. The van der Waals surface area contributed by atoms with Crippen LogP contribution in [0.5, 0.6) is 5.75 Å². The summed E-state index contributed by atoms with van der Waals surface area (Å²) < 4.78 is 3.60. The average molecular weight is 240 g/mol. The van der Waals surface area contributed by atoms with Crippen LogP contribution in [0.2, 0.25) is 0 Å². The van der Waals surface area contributed by atoms with Crippen LogP contribution in [0.4, 0.5) is 0 Å². The number of phenolic OH excluding ortho intramolecular Hbond substituents is 1. The number of hydrogen-bond donors (Lipinski definition) is 5. The van der Waals surface area contributed by atoms with Crippen molar-refractivity contribution in [3.05, 3.63) is 30.3 Å². The Labute approximate surface area is 83.0 Å². The van der Waals surface area contributed by atoms with Gasteiger partial charge in [0.25, 0.3) is 0 Å². The first kappa shape index (κ1) is 13.7. The second kappa shape index (κ2) is 8.03. The molecule has 1 rings (SSSR count). The summed E-state index contributed by atoms with van der Waals surface area (Å²) in [4.78, 5) is 31.3. The molecule has 0 aromatic heterocycles. The molecule has 0 fully saturated rings. The summed E-state index contributed by atoms with van der Waals surface area (Å²) in [7, 11) is -5.22. The van der Waals surface area contributed by atoms with Gasteiger partial charge >= 0.3 is 17.2 Å². The zero-order valence-corrected chi connectivity index (χ0v) is 8.71. The van der Waals surface area contributed by atoms with E-state index in [1.54, 1.807) is 24.3 Å². The summed E-state index contributed by atoms with van der Waals surface area (Å²) >= 11 is 0. The van der Waals surface area contributed by atoms with Crippen molar-refractivity contribution in [1.29, 1.82) is 0 Å². The van der Waals surface area contributed by atoms with Crippen molar-refractivity contribution in [1.82, 2.24) is 0 Å². The Hall–Kier alpha value is -0.320. The fraction of sp³-hybridized carbons (Fsp3) is 0. The Kier molecular flexibility index (Phi) is 7.84. The van der Waals surface area contributed by atoms with E-state index in [9.17, 15) is 0 Å². The van der Waals surface area contributed by atoms with Crippen molar-refractivity contribution in [3.63, 3.8) is 0 Å². The second-order valence-corrected chi connectivity index (χ2v) is 3.59. The molecule has 0 aliphatic heterocycles. The Morgan fingerprint density at radius 2 is 1.29 bits per heavy atom. The minimum Gasteiger partial charge on any atom is -0.508 e. The van der Waals surface area contributed by atoms with Gasteiger partial charge in [-0.1, -0.05) is 18.2 Å². The number of benzene rings is 1. The van der Waals surface area contributed by atoms with Gasteiger partial charge in [0.2, 0.25) is 0 Å². The lowest BCUT2D eigenvalue weighted by molar-refractivity contribution is 0.324. The zero-order chi connectivity index (χ0) is 11.0. The van der Waals surface area contributed by atoms with E-state index in [1.807, 2.05) is 6.07 Å². The van der Waals surface area contributed by atoms with Crippen molar-refractivity contribution < 1.29 is 29.0 Å². The molecular weight excluding hydrogens is 230 g/mol. The maximum absolute atomic E-state index is 8.63. The monoisotopic (exact) mass is 240 g/mol. The molecule has 0 aliphatic carbocycles. The molecular formula is C6H10O6P2. The van der Waals surface area contributed by atoms with Crippen molar-refractivity contribution in [2.45, 2.75) is 0 Å². The highest BCUT2D eigenvalue weighted by molar-refractivity contribution is 7.53. The van der Waals surface area contributed by atoms with Crippen LogP contribution < -0.4 is 0 Å². The predicted molar refractivity (Wildman–Crippen MR) is 51.9 cm³/mol. The standard InChI is InChI=1S/C6H6O.H4O5P2/c7-6-4-2-1-3-5-6;1-6(2)5-7(3)4/h1-5,7H;1-4H. The summed E-state index contributed by atoms with van der Waals surface area (Å²) in [5.41, 5.74) is 0. The van der Waals surface area contributed by atoms with Crippen LogP contribution >= 0.6 is 17.2 Å². The highest BCUT2D eigenvalue weighted by Gasteiger charge is 2.05. The summed E-state index contributed by atoms with van der Waals surface area (Å²) in [5.74, 6) is 0.322. The third-order valence-electron chi connectivity index (χ3n) is 0.902. The minimum absolute atomic E-state index is 0.322. The largest absolute Gasteiger partial charge is 0.508 e. The van der Waals surface area contributed by atoms with E-state index in [4.69, 9.17) is 24.7 Å². The number of rotatable bonds is 2. The highest BCUT2D eigenvalue weighted by atomic mass is 31.2. The summed E-state index contributed by atoms with van der Waals surface area (Å²) in [6.45, 7) is 0. The van der Waals surface area contributed by atoms with Crippen LogP contribution in [0.25, 0.3) is 0 Å².